The Hall–Kier alpha value is -1.59. The van der Waals surface area contributed by atoms with Crippen molar-refractivity contribution in [2.24, 2.45) is 0 Å². The molecule has 2 rings (SSSR count). The van der Waals surface area contributed by atoms with Crippen molar-refractivity contribution in [3.63, 3.8) is 0 Å². The molecule has 2 heterocycles. The lowest BCUT2D eigenvalue weighted by Gasteiger charge is -2.29. The average Bonchev–Trinajstić information content (AvgIpc) is 3.30. The number of hydrogen-bond donors (Lipinski definition) is 5. The molecule has 2 fully saturated rings. The Morgan fingerprint density at radius 1 is 1.12 bits per heavy atom. The summed E-state index contributed by atoms with van der Waals surface area (Å²) < 4.78 is 25.3. The highest BCUT2D eigenvalue weighted by atomic mass is 16.6. The zero-order chi connectivity index (χ0) is 20.8. The number of aliphatic hydroxyl groups is 3. The standard InChI is InChI=1S/C16H26N2O8/c19-7-11(20)13(22)14(26-16(24)10-4-2-6-18-10)12(21)8-25-15(23)9-3-1-5-17-9/h7,9-14,17-18,20-22H,1-6,8H2/t9-,10-,11+,12+,13+,14+/m0/s1/i/hD2. The maximum atomic E-state index is 12.3. The first kappa shape index (κ1) is 17.8. The van der Waals surface area contributed by atoms with Crippen LogP contribution in [0.15, 0.2) is 0 Å². The number of hydrogen-bond acceptors (Lipinski definition) is 10. The van der Waals surface area contributed by atoms with Gasteiger partial charge in [0.15, 0.2) is 12.4 Å². The normalized spacial score (nSPS) is 30.0. The Bertz CT molecular complexity index is 569. The number of esters is 2. The van der Waals surface area contributed by atoms with E-state index < -0.39 is 55.0 Å². The Balaban J connectivity index is 1.99. The minimum atomic E-state index is -1.95. The van der Waals surface area contributed by atoms with E-state index in [0.29, 0.717) is 38.8 Å². The minimum absolute atomic E-state index is 0.0209. The molecule has 2 aliphatic rings. The number of rotatable bonds is 9. The molecule has 2 saturated heterocycles. The number of aldehydes is 1. The Labute approximate surface area is 153 Å². The number of ether oxygens (including phenoxy) is 2. The van der Waals surface area contributed by atoms with Gasteiger partial charge in [0, 0.05) is 0 Å². The highest BCUT2D eigenvalue weighted by Gasteiger charge is 2.38. The van der Waals surface area contributed by atoms with Crippen molar-refractivity contribution in [1.82, 2.24) is 10.6 Å². The van der Waals surface area contributed by atoms with Crippen LogP contribution in [0.25, 0.3) is 0 Å². The molecule has 6 atom stereocenters. The van der Waals surface area contributed by atoms with Gasteiger partial charge in [0.05, 0.1) is 0 Å². The van der Waals surface area contributed by atoms with E-state index in [1.165, 1.54) is 0 Å². The summed E-state index contributed by atoms with van der Waals surface area (Å²) in [4.78, 5) is 35.0. The fraction of sp³-hybridized carbons (Fsp3) is 0.812. The predicted octanol–water partition coefficient (Wildman–Crippen LogP) is -2.77. The van der Waals surface area contributed by atoms with E-state index in [1.54, 1.807) is 0 Å². The Morgan fingerprint density at radius 3 is 2.19 bits per heavy atom. The molecule has 0 spiro atoms. The first-order valence-corrected chi connectivity index (χ1v) is 8.64. The maximum absolute atomic E-state index is 12.3. The average molecular weight is 376 g/mol. The van der Waals surface area contributed by atoms with Gasteiger partial charge in [-0.15, -0.1) is 0 Å². The molecule has 0 unspecified atom stereocenters. The third-order valence-corrected chi connectivity index (χ3v) is 4.37. The quantitative estimate of drug-likeness (QED) is 0.211. The molecule has 0 bridgehead atoms. The minimum Gasteiger partial charge on any atom is -0.462 e. The molecule has 10 nitrogen and oxygen atoms in total. The van der Waals surface area contributed by atoms with Crippen LogP contribution in [0.2, 0.25) is 2.82 Å². The van der Waals surface area contributed by atoms with Gasteiger partial charge in [-0.2, -0.15) is 0 Å². The lowest BCUT2D eigenvalue weighted by atomic mass is 10.0. The van der Waals surface area contributed by atoms with E-state index >= 15 is 0 Å². The second-order valence-electron chi connectivity index (χ2n) is 6.34. The van der Waals surface area contributed by atoms with Crippen molar-refractivity contribution < 1.29 is 42.0 Å². The fourth-order valence-electron chi connectivity index (χ4n) is 2.85. The van der Waals surface area contributed by atoms with Crippen molar-refractivity contribution in [3.8, 4) is 0 Å². The first-order chi connectivity index (χ1) is 13.3. The number of nitrogens with one attached hydrogen (secondary N) is 2. The van der Waals surface area contributed by atoms with Crippen molar-refractivity contribution in [2.45, 2.75) is 62.2 Å². The van der Waals surface area contributed by atoms with Crippen LogP contribution in [-0.2, 0) is 23.9 Å². The summed E-state index contributed by atoms with van der Waals surface area (Å²) >= 11 is 0. The number of aliphatic hydroxyl groups excluding tert-OH is 3. The Morgan fingerprint density at radius 2 is 1.69 bits per heavy atom. The van der Waals surface area contributed by atoms with Crippen LogP contribution in [0.5, 0.6) is 0 Å². The van der Waals surface area contributed by atoms with E-state index in [0.717, 1.165) is 10.6 Å². The molecular formula is C16H26N2O8. The molecule has 0 aliphatic carbocycles. The zero-order valence-corrected chi connectivity index (χ0v) is 14.3. The third kappa shape index (κ3) is 5.45. The van der Waals surface area contributed by atoms with Crippen LogP contribution in [0.4, 0.5) is 0 Å². The van der Waals surface area contributed by atoms with Crippen molar-refractivity contribution >= 4 is 18.2 Å². The van der Waals surface area contributed by atoms with Crippen molar-refractivity contribution in [2.75, 3.05) is 19.7 Å². The molecule has 0 aromatic carbocycles. The van der Waals surface area contributed by atoms with Crippen LogP contribution in [-0.4, -0.2) is 89.7 Å². The van der Waals surface area contributed by atoms with Crippen LogP contribution in [0, 0.1) is 0 Å². The topological polar surface area (TPSA) is 154 Å². The maximum Gasteiger partial charge on any atom is 0.323 e. The smallest absolute Gasteiger partial charge is 0.323 e. The third-order valence-electron chi connectivity index (χ3n) is 4.37. The molecule has 148 valence electrons. The van der Waals surface area contributed by atoms with Crippen LogP contribution >= 0.6 is 0 Å². The second-order valence-corrected chi connectivity index (χ2v) is 6.34. The molecule has 5 N–H and O–H groups in total. The Kier molecular flexibility index (Phi) is 6.80. The van der Waals surface area contributed by atoms with Crippen molar-refractivity contribution in [3.05, 3.63) is 0 Å². The monoisotopic (exact) mass is 376 g/mol. The van der Waals surface area contributed by atoms with Crippen LogP contribution < -0.4 is 10.6 Å². The summed E-state index contributed by atoms with van der Waals surface area (Å²) in [5.74, 6) is -1.64. The highest BCUT2D eigenvalue weighted by Crippen LogP contribution is 2.15. The predicted molar refractivity (Wildman–Crippen MR) is 87.0 cm³/mol. The van der Waals surface area contributed by atoms with Gasteiger partial charge in [0.1, 0.15) is 39.8 Å². The van der Waals surface area contributed by atoms with Gasteiger partial charge in [-0.05, 0) is 38.8 Å². The summed E-state index contributed by atoms with van der Waals surface area (Å²) in [6.07, 6.45) is -5.29. The van der Waals surface area contributed by atoms with E-state index in [-0.39, 0.29) is 6.29 Å². The molecule has 26 heavy (non-hydrogen) atoms. The lowest BCUT2D eigenvalue weighted by Crippen LogP contribution is -2.51. The lowest BCUT2D eigenvalue weighted by molar-refractivity contribution is -0.180. The SMILES string of the molecule is [2H]N1CCC[C@H]1C(=O)OC[C@@H](O)[C@@H](OC(=O)[C@@H]1CCCN1[2H])[C@H](O)[C@H](O)C=O. The van der Waals surface area contributed by atoms with E-state index in [2.05, 4.69) is 0 Å². The molecule has 2 aliphatic heterocycles. The molecular weight excluding hydrogens is 348 g/mol. The summed E-state index contributed by atoms with van der Waals surface area (Å²) in [6.45, 7) is 0.103. The molecule has 0 aromatic heterocycles. The van der Waals surface area contributed by atoms with Crippen molar-refractivity contribution in [1.29, 1.82) is 0 Å². The second kappa shape index (κ2) is 9.93. The largest absolute Gasteiger partial charge is 0.462 e. The summed E-state index contributed by atoms with van der Waals surface area (Å²) in [5, 5.41) is 32.0. The van der Waals surface area contributed by atoms with Crippen LogP contribution in [0.3, 0.4) is 0 Å². The van der Waals surface area contributed by atoms with Gasteiger partial charge in [-0.3, -0.25) is 9.59 Å². The summed E-state index contributed by atoms with van der Waals surface area (Å²) in [7, 11) is 0. The summed E-state index contributed by atoms with van der Waals surface area (Å²) in [5.41, 5.74) is 0. The van der Waals surface area contributed by atoms with Gasteiger partial charge < -0.3 is 40.2 Å². The fourth-order valence-corrected chi connectivity index (χ4v) is 2.85. The highest BCUT2D eigenvalue weighted by molar-refractivity contribution is 5.77. The number of carbonyl (C=O) groups excluding carboxylic acids is 3. The van der Waals surface area contributed by atoms with Gasteiger partial charge in [-0.1, -0.05) is 0 Å². The number of carbonyl (C=O) groups is 3. The van der Waals surface area contributed by atoms with Gasteiger partial charge in [0.25, 0.3) is 0 Å². The molecule has 0 amide bonds. The van der Waals surface area contributed by atoms with Gasteiger partial charge >= 0.3 is 11.9 Å². The molecule has 0 radical (unpaired) electrons. The molecule has 0 saturated carbocycles. The first-order valence-electron chi connectivity index (χ1n) is 9.53. The van der Waals surface area contributed by atoms with E-state index in [1.807, 2.05) is 0 Å². The van der Waals surface area contributed by atoms with Crippen LogP contribution in [0.1, 0.15) is 25.7 Å². The summed E-state index contributed by atoms with van der Waals surface area (Å²) in [6, 6.07) is -1.66. The molecule has 0 aromatic rings. The van der Waals surface area contributed by atoms with Gasteiger partial charge in [0.2, 0.25) is 0 Å². The van der Waals surface area contributed by atoms with E-state index in [9.17, 15) is 29.7 Å². The van der Waals surface area contributed by atoms with Gasteiger partial charge in [-0.25, -0.2) is 0 Å². The zero-order valence-electron chi connectivity index (χ0n) is 16.3. The van der Waals surface area contributed by atoms with E-state index in [4.69, 9.17) is 12.3 Å². The molecule has 10 heteroatoms.